The molecular weight excluding hydrogens is 362 g/mol. The van der Waals surface area contributed by atoms with Gasteiger partial charge < -0.3 is 19.2 Å². The highest BCUT2D eigenvalue weighted by molar-refractivity contribution is 6.14. The van der Waals surface area contributed by atoms with Gasteiger partial charge in [-0.1, -0.05) is 30.3 Å². The van der Waals surface area contributed by atoms with Crippen molar-refractivity contribution in [3.05, 3.63) is 64.7 Å². The lowest BCUT2D eigenvalue weighted by atomic mass is 10.1. The van der Waals surface area contributed by atoms with Gasteiger partial charge in [-0.2, -0.15) is 0 Å². The van der Waals surface area contributed by atoms with Crippen molar-refractivity contribution in [2.75, 3.05) is 18.5 Å². The van der Waals surface area contributed by atoms with Crippen LogP contribution in [0.3, 0.4) is 0 Å². The summed E-state index contributed by atoms with van der Waals surface area (Å²) < 4.78 is 15.1. The first-order valence-corrected chi connectivity index (χ1v) is 8.81. The Bertz CT molecular complexity index is 1110. The van der Waals surface area contributed by atoms with Gasteiger partial charge in [0, 0.05) is 11.6 Å². The molecule has 7 nitrogen and oxygen atoms in total. The molecule has 2 aromatic carbocycles. The van der Waals surface area contributed by atoms with Crippen molar-refractivity contribution >= 4 is 39.4 Å². The molecule has 0 atom stereocenters. The molecule has 0 aliphatic rings. The molecule has 0 unspecified atom stereocenters. The summed E-state index contributed by atoms with van der Waals surface area (Å²) in [6.07, 6.45) is 1.10. The molecule has 0 radical (unpaired) electrons. The van der Waals surface area contributed by atoms with Gasteiger partial charge in [-0.25, -0.2) is 14.4 Å². The first-order valence-electron chi connectivity index (χ1n) is 8.81. The van der Waals surface area contributed by atoms with Crippen LogP contribution >= 0.6 is 0 Å². The highest BCUT2D eigenvalue weighted by Crippen LogP contribution is 2.26. The maximum Gasteiger partial charge on any atom is 0.360 e. The number of ether oxygens (including phenoxy) is 2. The standard InChI is InChI=1S/C21H19NO6/c1-3-26-19(23)16(20(24)27-4-2)12-22-17-11-15-14-8-6-5-7-13(14)9-10-18(15)28-21(17)25/h5-12,22H,3-4H2,1-2H3. The number of esters is 2. The smallest absolute Gasteiger partial charge is 0.360 e. The van der Waals surface area contributed by atoms with Crippen LogP contribution < -0.4 is 10.9 Å². The van der Waals surface area contributed by atoms with Crippen LogP contribution in [0.4, 0.5) is 5.69 Å². The molecule has 0 saturated carbocycles. The Kier molecular flexibility index (Phi) is 5.74. The second-order valence-electron chi connectivity index (χ2n) is 5.79. The highest BCUT2D eigenvalue weighted by atomic mass is 16.6. The Labute approximate surface area is 160 Å². The van der Waals surface area contributed by atoms with E-state index in [1.165, 1.54) is 0 Å². The number of carbonyl (C=O) groups excluding carboxylic acids is 2. The minimum absolute atomic E-state index is 0.0787. The molecule has 3 aromatic rings. The number of hydrogen-bond acceptors (Lipinski definition) is 7. The van der Waals surface area contributed by atoms with E-state index in [1.807, 2.05) is 30.3 Å². The molecule has 0 fully saturated rings. The number of nitrogens with one attached hydrogen (secondary N) is 1. The Balaban J connectivity index is 2.04. The van der Waals surface area contributed by atoms with E-state index in [0.29, 0.717) is 5.58 Å². The van der Waals surface area contributed by atoms with Crippen molar-refractivity contribution < 1.29 is 23.5 Å². The topological polar surface area (TPSA) is 94.8 Å². The molecule has 7 heteroatoms. The predicted molar refractivity (Wildman–Crippen MR) is 105 cm³/mol. The molecule has 1 aromatic heterocycles. The molecule has 0 saturated heterocycles. The zero-order valence-corrected chi connectivity index (χ0v) is 15.5. The Morgan fingerprint density at radius 2 is 1.68 bits per heavy atom. The van der Waals surface area contributed by atoms with E-state index in [9.17, 15) is 14.4 Å². The minimum atomic E-state index is -0.843. The van der Waals surface area contributed by atoms with Crippen molar-refractivity contribution in [1.82, 2.24) is 0 Å². The van der Waals surface area contributed by atoms with Gasteiger partial charge in [-0.05, 0) is 36.8 Å². The van der Waals surface area contributed by atoms with Gasteiger partial charge in [0.1, 0.15) is 11.3 Å². The van der Waals surface area contributed by atoms with Gasteiger partial charge in [0.2, 0.25) is 0 Å². The molecule has 1 heterocycles. The van der Waals surface area contributed by atoms with Crippen molar-refractivity contribution in [2.45, 2.75) is 13.8 Å². The summed E-state index contributed by atoms with van der Waals surface area (Å²) >= 11 is 0. The average Bonchev–Trinajstić information content (AvgIpc) is 2.69. The molecule has 0 spiro atoms. The van der Waals surface area contributed by atoms with Gasteiger partial charge in [-0.3, -0.25) is 0 Å². The van der Waals surface area contributed by atoms with Crippen molar-refractivity contribution in [3.8, 4) is 0 Å². The lowest BCUT2D eigenvalue weighted by Crippen LogP contribution is -2.20. The lowest BCUT2D eigenvalue weighted by Gasteiger charge is -2.08. The summed E-state index contributed by atoms with van der Waals surface area (Å²) in [5, 5.41) is 5.30. The molecule has 28 heavy (non-hydrogen) atoms. The average molecular weight is 381 g/mol. The molecule has 3 rings (SSSR count). The zero-order chi connectivity index (χ0) is 20.1. The van der Waals surface area contributed by atoms with E-state index in [-0.39, 0.29) is 24.5 Å². The molecule has 144 valence electrons. The van der Waals surface area contributed by atoms with Gasteiger partial charge in [0.15, 0.2) is 5.57 Å². The molecular formula is C21H19NO6. The number of benzene rings is 2. The largest absolute Gasteiger partial charge is 0.462 e. The van der Waals surface area contributed by atoms with Gasteiger partial charge in [0.05, 0.1) is 13.2 Å². The van der Waals surface area contributed by atoms with E-state index in [2.05, 4.69) is 5.32 Å². The SMILES string of the molecule is CCOC(=O)C(=CNc1cc2c(ccc3ccccc32)oc1=O)C(=O)OCC. The monoisotopic (exact) mass is 381 g/mol. The number of hydrogen-bond donors (Lipinski definition) is 1. The van der Waals surface area contributed by atoms with E-state index in [4.69, 9.17) is 13.9 Å². The summed E-state index contributed by atoms with van der Waals surface area (Å²) in [4.78, 5) is 36.3. The van der Waals surface area contributed by atoms with Crippen LogP contribution in [0.5, 0.6) is 0 Å². The molecule has 1 N–H and O–H groups in total. The van der Waals surface area contributed by atoms with Gasteiger partial charge in [-0.15, -0.1) is 0 Å². The summed E-state index contributed by atoms with van der Waals surface area (Å²) in [5.74, 6) is -1.69. The summed E-state index contributed by atoms with van der Waals surface area (Å²) in [6, 6.07) is 12.9. The normalized spacial score (nSPS) is 10.5. The van der Waals surface area contributed by atoms with Crippen LogP contribution in [0.25, 0.3) is 21.7 Å². The van der Waals surface area contributed by atoms with Crippen LogP contribution in [-0.2, 0) is 19.1 Å². The van der Waals surface area contributed by atoms with E-state index in [1.54, 1.807) is 26.0 Å². The van der Waals surface area contributed by atoms with Crippen LogP contribution in [0, 0.1) is 0 Å². The van der Waals surface area contributed by atoms with E-state index in [0.717, 1.165) is 22.4 Å². The van der Waals surface area contributed by atoms with Crippen LogP contribution in [0.1, 0.15) is 13.8 Å². The number of rotatable bonds is 6. The van der Waals surface area contributed by atoms with E-state index >= 15 is 0 Å². The fourth-order valence-electron chi connectivity index (χ4n) is 2.74. The molecule has 0 amide bonds. The molecule has 0 aliphatic heterocycles. The van der Waals surface area contributed by atoms with Gasteiger partial charge >= 0.3 is 17.6 Å². The quantitative estimate of drug-likeness (QED) is 0.175. The summed E-state index contributed by atoms with van der Waals surface area (Å²) in [6.45, 7) is 3.44. The van der Waals surface area contributed by atoms with Gasteiger partial charge in [0.25, 0.3) is 0 Å². The predicted octanol–water partition coefficient (Wildman–Crippen LogP) is 3.37. The molecule has 0 aliphatic carbocycles. The number of anilines is 1. The second-order valence-corrected chi connectivity index (χ2v) is 5.79. The Morgan fingerprint density at radius 3 is 2.36 bits per heavy atom. The van der Waals surface area contributed by atoms with Crippen LogP contribution in [-0.4, -0.2) is 25.2 Å². The zero-order valence-electron chi connectivity index (χ0n) is 15.5. The fourth-order valence-corrected chi connectivity index (χ4v) is 2.74. The Hall–Kier alpha value is -3.61. The van der Waals surface area contributed by atoms with Crippen molar-refractivity contribution in [3.63, 3.8) is 0 Å². The lowest BCUT2D eigenvalue weighted by molar-refractivity contribution is -0.146. The second kappa shape index (κ2) is 8.39. The minimum Gasteiger partial charge on any atom is -0.462 e. The van der Waals surface area contributed by atoms with Crippen LogP contribution in [0.15, 0.2) is 63.4 Å². The summed E-state index contributed by atoms with van der Waals surface area (Å²) in [7, 11) is 0. The third-order valence-electron chi connectivity index (χ3n) is 4.00. The number of fused-ring (bicyclic) bond motifs is 3. The molecule has 0 bridgehead atoms. The maximum absolute atomic E-state index is 12.3. The summed E-state index contributed by atoms with van der Waals surface area (Å²) in [5.41, 5.74) is -0.462. The first kappa shape index (κ1) is 19.2. The first-order chi connectivity index (χ1) is 13.5. The van der Waals surface area contributed by atoms with Crippen molar-refractivity contribution in [2.24, 2.45) is 0 Å². The number of carbonyl (C=O) groups is 2. The maximum atomic E-state index is 12.3. The Morgan fingerprint density at radius 1 is 1.00 bits per heavy atom. The van der Waals surface area contributed by atoms with Crippen LogP contribution in [0.2, 0.25) is 0 Å². The van der Waals surface area contributed by atoms with E-state index < -0.39 is 17.6 Å². The third-order valence-corrected chi connectivity index (χ3v) is 4.00. The third kappa shape index (κ3) is 3.88. The van der Waals surface area contributed by atoms with Crippen molar-refractivity contribution in [1.29, 1.82) is 0 Å². The fraction of sp³-hybridized carbons (Fsp3) is 0.190. The highest BCUT2D eigenvalue weighted by Gasteiger charge is 2.21.